The van der Waals surface area contributed by atoms with Crippen molar-refractivity contribution in [2.75, 3.05) is 37.0 Å². The number of ether oxygens (including phenoxy) is 1. The molecule has 1 fully saturated rings. The first-order valence-corrected chi connectivity index (χ1v) is 9.50. The zero-order chi connectivity index (χ0) is 17.5. The summed E-state index contributed by atoms with van der Waals surface area (Å²) in [6.45, 7) is 3.67. The van der Waals surface area contributed by atoms with Crippen LogP contribution >= 0.6 is 23.4 Å². The van der Waals surface area contributed by atoms with Gasteiger partial charge in [0.1, 0.15) is 5.82 Å². The summed E-state index contributed by atoms with van der Waals surface area (Å²) >= 11 is 7.52. The minimum atomic E-state index is -0.0258. The SMILES string of the molecule is O=C(CSc1ccccc1Cl)NCc1ccc(N2CCOCC2)nc1. The molecular formula is C18H20ClN3O2S. The maximum absolute atomic E-state index is 12.0. The van der Waals surface area contributed by atoms with Crippen molar-refractivity contribution in [2.24, 2.45) is 0 Å². The van der Waals surface area contributed by atoms with Crippen molar-refractivity contribution in [1.82, 2.24) is 10.3 Å². The van der Waals surface area contributed by atoms with E-state index in [1.807, 2.05) is 42.6 Å². The molecule has 0 saturated carbocycles. The molecule has 3 rings (SSSR count). The van der Waals surface area contributed by atoms with Crippen LogP contribution in [-0.4, -0.2) is 42.9 Å². The number of amides is 1. The summed E-state index contributed by atoms with van der Waals surface area (Å²) in [4.78, 5) is 19.6. The molecule has 132 valence electrons. The molecule has 0 radical (unpaired) electrons. The van der Waals surface area contributed by atoms with Gasteiger partial charge in [-0.15, -0.1) is 11.8 Å². The van der Waals surface area contributed by atoms with Gasteiger partial charge in [0.2, 0.25) is 5.91 Å². The molecule has 0 bridgehead atoms. The van der Waals surface area contributed by atoms with Gasteiger partial charge in [0, 0.05) is 30.7 Å². The first kappa shape index (κ1) is 18.0. The number of morpholine rings is 1. The molecule has 0 aliphatic carbocycles. The Morgan fingerprint density at radius 3 is 2.76 bits per heavy atom. The maximum Gasteiger partial charge on any atom is 0.230 e. The van der Waals surface area contributed by atoms with E-state index in [2.05, 4.69) is 15.2 Å². The number of aromatic nitrogens is 1. The van der Waals surface area contributed by atoms with Gasteiger partial charge in [0.15, 0.2) is 0 Å². The molecule has 2 heterocycles. The van der Waals surface area contributed by atoms with Crippen LogP contribution in [0.15, 0.2) is 47.5 Å². The molecule has 0 spiro atoms. The fourth-order valence-electron chi connectivity index (χ4n) is 2.46. The van der Waals surface area contributed by atoms with Crippen molar-refractivity contribution in [3.8, 4) is 0 Å². The van der Waals surface area contributed by atoms with Gasteiger partial charge in [-0.2, -0.15) is 0 Å². The number of hydrogen-bond donors (Lipinski definition) is 1. The second-order valence-corrected chi connectivity index (χ2v) is 7.04. The van der Waals surface area contributed by atoms with Crippen LogP contribution < -0.4 is 10.2 Å². The largest absolute Gasteiger partial charge is 0.378 e. The number of benzene rings is 1. The number of pyridine rings is 1. The molecule has 0 atom stereocenters. The van der Waals surface area contributed by atoms with E-state index in [-0.39, 0.29) is 5.91 Å². The van der Waals surface area contributed by atoms with Crippen molar-refractivity contribution in [3.05, 3.63) is 53.2 Å². The third-order valence-electron chi connectivity index (χ3n) is 3.83. The van der Waals surface area contributed by atoms with E-state index in [4.69, 9.17) is 16.3 Å². The lowest BCUT2D eigenvalue weighted by molar-refractivity contribution is -0.118. The average molecular weight is 378 g/mol. The first-order chi connectivity index (χ1) is 12.2. The van der Waals surface area contributed by atoms with E-state index < -0.39 is 0 Å². The van der Waals surface area contributed by atoms with Crippen LogP contribution in [0.1, 0.15) is 5.56 Å². The number of nitrogens with one attached hydrogen (secondary N) is 1. The van der Waals surface area contributed by atoms with Gasteiger partial charge in [-0.05, 0) is 23.8 Å². The fourth-order valence-corrected chi connectivity index (χ4v) is 3.53. The Bertz CT molecular complexity index is 706. The molecule has 0 unspecified atom stereocenters. The molecule has 1 aromatic carbocycles. The van der Waals surface area contributed by atoms with E-state index in [0.29, 0.717) is 17.3 Å². The van der Waals surface area contributed by atoms with Crippen molar-refractivity contribution < 1.29 is 9.53 Å². The summed E-state index contributed by atoms with van der Waals surface area (Å²) in [7, 11) is 0. The fraction of sp³-hybridized carbons (Fsp3) is 0.333. The monoisotopic (exact) mass is 377 g/mol. The Morgan fingerprint density at radius 2 is 2.04 bits per heavy atom. The molecule has 1 aromatic heterocycles. The summed E-state index contributed by atoms with van der Waals surface area (Å²) in [5, 5.41) is 3.58. The highest BCUT2D eigenvalue weighted by atomic mass is 35.5. The Morgan fingerprint density at radius 1 is 1.24 bits per heavy atom. The highest BCUT2D eigenvalue weighted by Crippen LogP contribution is 2.26. The number of hydrogen-bond acceptors (Lipinski definition) is 5. The van der Waals surface area contributed by atoms with Gasteiger partial charge in [0.25, 0.3) is 0 Å². The van der Waals surface area contributed by atoms with Crippen LogP contribution in [0.25, 0.3) is 0 Å². The average Bonchev–Trinajstić information content (AvgIpc) is 2.67. The van der Waals surface area contributed by atoms with Gasteiger partial charge in [-0.3, -0.25) is 4.79 Å². The predicted octanol–water partition coefficient (Wildman–Crippen LogP) is 2.98. The number of nitrogens with zero attached hydrogens (tertiary/aromatic N) is 2. The number of thioether (sulfide) groups is 1. The smallest absolute Gasteiger partial charge is 0.230 e. The standard InChI is InChI=1S/C18H20ClN3O2S/c19-15-3-1-2-4-16(15)25-13-18(23)21-12-14-5-6-17(20-11-14)22-7-9-24-10-8-22/h1-6,11H,7-10,12-13H2,(H,21,23). The van der Waals surface area contributed by atoms with E-state index >= 15 is 0 Å². The minimum absolute atomic E-state index is 0.0258. The third kappa shape index (κ3) is 5.36. The number of carbonyl (C=O) groups is 1. The summed E-state index contributed by atoms with van der Waals surface area (Å²) in [5.41, 5.74) is 0.980. The van der Waals surface area contributed by atoms with Crippen LogP contribution in [0.5, 0.6) is 0 Å². The Kier molecular flexibility index (Phi) is 6.55. The summed E-state index contributed by atoms with van der Waals surface area (Å²) in [6, 6.07) is 11.5. The first-order valence-electron chi connectivity index (χ1n) is 8.14. The van der Waals surface area contributed by atoms with Crippen molar-refractivity contribution in [2.45, 2.75) is 11.4 Å². The van der Waals surface area contributed by atoms with Gasteiger partial charge < -0.3 is 15.0 Å². The Labute approximate surface area is 156 Å². The number of rotatable bonds is 6. The molecule has 1 saturated heterocycles. The van der Waals surface area contributed by atoms with Crippen LogP contribution in [0, 0.1) is 0 Å². The highest BCUT2D eigenvalue weighted by molar-refractivity contribution is 8.00. The van der Waals surface area contributed by atoms with Crippen molar-refractivity contribution >= 4 is 35.1 Å². The van der Waals surface area contributed by atoms with Crippen LogP contribution in [0.2, 0.25) is 5.02 Å². The summed E-state index contributed by atoms with van der Waals surface area (Å²) < 4.78 is 5.34. The number of carbonyl (C=O) groups excluding carboxylic acids is 1. The number of halogens is 1. The van der Waals surface area contributed by atoms with Crippen LogP contribution in [0.4, 0.5) is 5.82 Å². The summed E-state index contributed by atoms with van der Waals surface area (Å²) in [6.07, 6.45) is 1.81. The molecule has 2 aromatic rings. The lowest BCUT2D eigenvalue weighted by Crippen LogP contribution is -2.36. The highest BCUT2D eigenvalue weighted by Gasteiger charge is 2.12. The van der Waals surface area contributed by atoms with E-state index in [0.717, 1.165) is 42.6 Å². The van der Waals surface area contributed by atoms with E-state index in [9.17, 15) is 4.79 Å². The van der Waals surface area contributed by atoms with Crippen LogP contribution in [-0.2, 0) is 16.1 Å². The quantitative estimate of drug-likeness (QED) is 0.784. The molecule has 5 nitrogen and oxygen atoms in total. The lowest BCUT2D eigenvalue weighted by atomic mass is 10.2. The molecule has 1 aliphatic rings. The molecule has 25 heavy (non-hydrogen) atoms. The van der Waals surface area contributed by atoms with Crippen molar-refractivity contribution in [1.29, 1.82) is 0 Å². The maximum atomic E-state index is 12.0. The van der Waals surface area contributed by atoms with E-state index in [1.165, 1.54) is 11.8 Å². The molecule has 1 N–H and O–H groups in total. The number of anilines is 1. The molecule has 7 heteroatoms. The zero-order valence-corrected chi connectivity index (χ0v) is 15.4. The van der Waals surface area contributed by atoms with Crippen molar-refractivity contribution in [3.63, 3.8) is 0 Å². The Balaban J connectivity index is 1.44. The van der Waals surface area contributed by atoms with Gasteiger partial charge in [-0.1, -0.05) is 29.8 Å². The lowest BCUT2D eigenvalue weighted by Gasteiger charge is -2.27. The molecule has 1 amide bonds. The van der Waals surface area contributed by atoms with Gasteiger partial charge in [0.05, 0.1) is 24.0 Å². The normalized spacial score (nSPS) is 14.4. The predicted molar refractivity (Wildman–Crippen MR) is 101 cm³/mol. The Hall–Kier alpha value is -1.76. The topological polar surface area (TPSA) is 54.5 Å². The van der Waals surface area contributed by atoms with Gasteiger partial charge >= 0.3 is 0 Å². The second kappa shape index (κ2) is 9.08. The van der Waals surface area contributed by atoms with Crippen LogP contribution in [0.3, 0.4) is 0 Å². The van der Waals surface area contributed by atoms with E-state index in [1.54, 1.807) is 0 Å². The minimum Gasteiger partial charge on any atom is -0.378 e. The molecule has 1 aliphatic heterocycles. The third-order valence-corrected chi connectivity index (χ3v) is 5.34. The molecular weight excluding hydrogens is 358 g/mol. The second-order valence-electron chi connectivity index (χ2n) is 5.62. The van der Waals surface area contributed by atoms with Gasteiger partial charge in [-0.25, -0.2) is 4.98 Å². The summed E-state index contributed by atoms with van der Waals surface area (Å²) in [5.74, 6) is 1.26. The zero-order valence-electron chi connectivity index (χ0n) is 13.8.